The Hall–Kier alpha value is -1.73. The maximum Gasteiger partial charge on any atom is 0.220 e. The molecule has 2 heterocycles. The number of hydrogen-bond donors (Lipinski definition) is 2. The maximum atomic E-state index is 11.7. The van der Waals surface area contributed by atoms with Crippen molar-refractivity contribution in [3.8, 4) is 0 Å². The average molecular weight is 388 g/mol. The van der Waals surface area contributed by atoms with E-state index < -0.39 is 0 Å². The number of carbonyl (C=O) groups is 1. The molecule has 1 saturated carbocycles. The predicted octanol–water partition coefficient (Wildman–Crippen LogP) is 2.96. The topological polar surface area (TPSA) is 84.1 Å². The first-order valence-electron chi connectivity index (χ1n) is 10.1. The fourth-order valence-electron chi connectivity index (χ4n) is 4.57. The number of nitrogens with zero attached hydrogens (tertiary/aromatic N) is 3. The number of thiophene rings is 1. The molecule has 1 unspecified atom stereocenters. The first-order chi connectivity index (χ1) is 13.1. The van der Waals surface area contributed by atoms with Gasteiger partial charge in [-0.05, 0) is 64.1 Å². The molecule has 1 amide bonds. The van der Waals surface area contributed by atoms with Crippen LogP contribution in [0.15, 0.2) is 6.33 Å². The van der Waals surface area contributed by atoms with Gasteiger partial charge in [-0.1, -0.05) is 6.92 Å². The third kappa shape index (κ3) is 3.67. The summed E-state index contributed by atoms with van der Waals surface area (Å²) >= 11 is 1.75. The minimum absolute atomic E-state index is 0.0663. The summed E-state index contributed by atoms with van der Waals surface area (Å²) in [5.41, 5.74) is 6.83. The average Bonchev–Trinajstić information content (AvgIpc) is 3.06. The van der Waals surface area contributed by atoms with Crippen molar-refractivity contribution >= 4 is 33.3 Å². The lowest BCUT2D eigenvalue weighted by Gasteiger charge is -2.34. The van der Waals surface area contributed by atoms with Crippen LogP contribution in [-0.4, -0.2) is 46.5 Å². The molecule has 1 atom stereocenters. The van der Waals surface area contributed by atoms with Gasteiger partial charge in [0.15, 0.2) is 0 Å². The van der Waals surface area contributed by atoms with E-state index >= 15 is 0 Å². The van der Waals surface area contributed by atoms with Gasteiger partial charge in [-0.2, -0.15) is 0 Å². The molecule has 1 fully saturated rings. The number of anilines is 1. The van der Waals surface area contributed by atoms with E-state index in [1.165, 1.54) is 23.3 Å². The third-order valence-corrected chi connectivity index (χ3v) is 7.60. The van der Waals surface area contributed by atoms with E-state index in [2.05, 4.69) is 34.2 Å². The Balaban J connectivity index is 1.55. The van der Waals surface area contributed by atoms with Gasteiger partial charge < -0.3 is 16.0 Å². The summed E-state index contributed by atoms with van der Waals surface area (Å²) in [5, 5.41) is 4.82. The van der Waals surface area contributed by atoms with E-state index in [9.17, 15) is 4.79 Å². The molecule has 2 aromatic heterocycles. The van der Waals surface area contributed by atoms with Crippen molar-refractivity contribution in [3.63, 3.8) is 0 Å². The Morgan fingerprint density at radius 2 is 2.07 bits per heavy atom. The van der Waals surface area contributed by atoms with E-state index in [1.807, 2.05) is 0 Å². The van der Waals surface area contributed by atoms with E-state index in [0.717, 1.165) is 54.7 Å². The summed E-state index contributed by atoms with van der Waals surface area (Å²) in [6, 6.07) is 1.15. The molecular weight excluding hydrogens is 358 g/mol. The number of primary amides is 1. The van der Waals surface area contributed by atoms with Crippen LogP contribution in [0.5, 0.6) is 0 Å². The van der Waals surface area contributed by atoms with Gasteiger partial charge >= 0.3 is 0 Å². The standard InChI is InChI=1S/C20H29N5OS/c1-3-25(2)14-7-5-13(6-8-14)24-19-17-15-10-12(18(21)26)4-9-16(15)27-20(17)23-11-22-19/h11-14H,3-10H2,1-2H3,(H2,21,26)(H,22,23,24). The number of aromatic nitrogens is 2. The molecule has 2 aliphatic rings. The molecule has 6 nitrogen and oxygen atoms in total. The zero-order valence-electron chi connectivity index (χ0n) is 16.2. The molecule has 7 heteroatoms. The molecule has 2 aromatic rings. The van der Waals surface area contributed by atoms with Gasteiger partial charge in [-0.25, -0.2) is 9.97 Å². The van der Waals surface area contributed by atoms with Crippen molar-refractivity contribution in [1.82, 2.24) is 14.9 Å². The fraction of sp³-hybridized carbons (Fsp3) is 0.650. The van der Waals surface area contributed by atoms with Crippen LogP contribution in [-0.2, 0) is 17.6 Å². The summed E-state index contributed by atoms with van der Waals surface area (Å²) in [7, 11) is 2.22. The van der Waals surface area contributed by atoms with Crippen molar-refractivity contribution in [2.45, 2.75) is 64.0 Å². The first kappa shape index (κ1) is 18.6. The maximum absolute atomic E-state index is 11.7. The zero-order valence-corrected chi connectivity index (χ0v) is 17.0. The molecule has 3 N–H and O–H groups in total. The number of carbonyl (C=O) groups excluding carboxylic acids is 1. The van der Waals surface area contributed by atoms with Crippen LogP contribution in [0.3, 0.4) is 0 Å². The molecular formula is C20H29N5OS. The smallest absolute Gasteiger partial charge is 0.220 e. The van der Waals surface area contributed by atoms with E-state index in [4.69, 9.17) is 5.73 Å². The SMILES string of the molecule is CCN(C)C1CCC(Nc2ncnc3sc4c(c23)CC(C(N)=O)CC4)CC1. The Morgan fingerprint density at radius 1 is 1.30 bits per heavy atom. The summed E-state index contributed by atoms with van der Waals surface area (Å²) in [5.74, 6) is 0.683. The van der Waals surface area contributed by atoms with Crippen LogP contribution in [0.4, 0.5) is 5.82 Å². The zero-order chi connectivity index (χ0) is 19.0. The summed E-state index contributed by atoms with van der Waals surface area (Å²) in [6.45, 7) is 3.33. The van der Waals surface area contributed by atoms with Crippen LogP contribution in [0.2, 0.25) is 0 Å². The second-order valence-electron chi connectivity index (χ2n) is 7.97. The number of fused-ring (bicyclic) bond motifs is 3. The molecule has 2 aliphatic carbocycles. The highest BCUT2D eigenvalue weighted by atomic mass is 32.1. The van der Waals surface area contributed by atoms with Crippen molar-refractivity contribution in [3.05, 3.63) is 16.8 Å². The number of aryl methyl sites for hydroxylation is 1. The van der Waals surface area contributed by atoms with Crippen molar-refractivity contribution in [1.29, 1.82) is 0 Å². The number of nitrogens with two attached hydrogens (primary N) is 1. The molecule has 146 valence electrons. The van der Waals surface area contributed by atoms with Crippen molar-refractivity contribution in [2.75, 3.05) is 18.9 Å². The Labute approximate surface area is 164 Å². The molecule has 0 aliphatic heterocycles. The van der Waals surface area contributed by atoms with E-state index in [1.54, 1.807) is 17.7 Å². The highest BCUT2D eigenvalue weighted by Gasteiger charge is 2.29. The predicted molar refractivity (Wildman–Crippen MR) is 110 cm³/mol. The van der Waals surface area contributed by atoms with Gasteiger partial charge in [-0.15, -0.1) is 11.3 Å². The van der Waals surface area contributed by atoms with Gasteiger partial charge in [0.2, 0.25) is 5.91 Å². The highest BCUT2D eigenvalue weighted by Crippen LogP contribution is 2.40. The summed E-state index contributed by atoms with van der Waals surface area (Å²) in [6.07, 6.45) is 8.92. The fourth-order valence-corrected chi connectivity index (χ4v) is 5.76. The lowest BCUT2D eigenvalue weighted by Crippen LogP contribution is -2.38. The Kier molecular flexibility index (Phi) is 5.32. The van der Waals surface area contributed by atoms with Crippen molar-refractivity contribution < 1.29 is 4.79 Å². The van der Waals surface area contributed by atoms with E-state index in [-0.39, 0.29) is 11.8 Å². The number of amides is 1. The quantitative estimate of drug-likeness (QED) is 0.824. The number of rotatable bonds is 5. The van der Waals surface area contributed by atoms with Gasteiger partial charge in [0.1, 0.15) is 17.0 Å². The first-order valence-corrected chi connectivity index (χ1v) is 10.9. The minimum atomic E-state index is -0.190. The van der Waals surface area contributed by atoms with Gasteiger partial charge in [-0.3, -0.25) is 4.79 Å². The van der Waals surface area contributed by atoms with Crippen LogP contribution in [0.1, 0.15) is 49.5 Å². The second kappa shape index (κ2) is 7.72. The van der Waals surface area contributed by atoms with Gasteiger partial charge in [0.25, 0.3) is 0 Å². The monoisotopic (exact) mass is 387 g/mol. The van der Waals surface area contributed by atoms with Crippen LogP contribution >= 0.6 is 11.3 Å². The van der Waals surface area contributed by atoms with Crippen LogP contribution in [0.25, 0.3) is 10.2 Å². The molecule has 0 bridgehead atoms. The molecule has 4 rings (SSSR count). The van der Waals surface area contributed by atoms with Crippen molar-refractivity contribution in [2.24, 2.45) is 11.7 Å². The van der Waals surface area contributed by atoms with Gasteiger partial charge in [0, 0.05) is 22.9 Å². The lowest BCUT2D eigenvalue weighted by atomic mass is 9.86. The summed E-state index contributed by atoms with van der Waals surface area (Å²) in [4.78, 5) is 25.6. The third-order valence-electron chi connectivity index (χ3n) is 6.40. The second-order valence-corrected chi connectivity index (χ2v) is 9.05. The van der Waals surface area contributed by atoms with Crippen LogP contribution < -0.4 is 11.1 Å². The Bertz CT molecular complexity index is 827. The highest BCUT2D eigenvalue weighted by molar-refractivity contribution is 7.19. The summed E-state index contributed by atoms with van der Waals surface area (Å²) < 4.78 is 0. The minimum Gasteiger partial charge on any atom is -0.369 e. The molecule has 0 saturated heterocycles. The van der Waals surface area contributed by atoms with Crippen LogP contribution in [0, 0.1) is 5.92 Å². The molecule has 0 aromatic carbocycles. The molecule has 27 heavy (non-hydrogen) atoms. The lowest BCUT2D eigenvalue weighted by molar-refractivity contribution is -0.122. The normalized spacial score (nSPS) is 25.5. The number of hydrogen-bond acceptors (Lipinski definition) is 6. The van der Waals surface area contributed by atoms with E-state index in [0.29, 0.717) is 12.1 Å². The molecule has 0 spiro atoms. The number of nitrogens with one attached hydrogen (secondary N) is 1. The Morgan fingerprint density at radius 3 is 2.78 bits per heavy atom. The molecule has 0 radical (unpaired) electrons. The van der Waals surface area contributed by atoms with Gasteiger partial charge in [0.05, 0.1) is 5.39 Å². The largest absolute Gasteiger partial charge is 0.369 e.